The summed E-state index contributed by atoms with van der Waals surface area (Å²) in [5, 5.41) is 10.1. The minimum Gasteiger partial charge on any atom is -0.390 e. The quantitative estimate of drug-likeness (QED) is 0.788. The SMILES string of the molecule is CN1CCN(CC(O)CN(C)C(=O)C(C)(C)C)CC1. The van der Waals surface area contributed by atoms with Gasteiger partial charge in [0.2, 0.25) is 5.91 Å². The molecule has 1 heterocycles. The van der Waals surface area contributed by atoms with Crippen LogP contribution in [-0.2, 0) is 4.79 Å². The molecule has 1 rings (SSSR count). The summed E-state index contributed by atoms with van der Waals surface area (Å²) in [6.45, 7) is 10.8. The van der Waals surface area contributed by atoms with Crippen molar-refractivity contribution in [3.8, 4) is 0 Å². The number of piperazine rings is 1. The van der Waals surface area contributed by atoms with Gasteiger partial charge >= 0.3 is 0 Å². The first kappa shape index (κ1) is 16.4. The lowest BCUT2D eigenvalue weighted by molar-refractivity contribution is -0.139. The Morgan fingerprint density at radius 3 is 2.26 bits per heavy atom. The molecular weight excluding hydrogens is 242 g/mol. The van der Waals surface area contributed by atoms with Crippen molar-refractivity contribution in [3.05, 3.63) is 0 Å². The van der Waals surface area contributed by atoms with Crippen molar-refractivity contribution in [1.29, 1.82) is 0 Å². The van der Waals surface area contributed by atoms with Crippen LogP contribution in [0.1, 0.15) is 20.8 Å². The molecule has 0 saturated carbocycles. The van der Waals surface area contributed by atoms with Crippen LogP contribution in [0.4, 0.5) is 0 Å². The molecule has 19 heavy (non-hydrogen) atoms. The van der Waals surface area contributed by atoms with Gasteiger partial charge in [-0.1, -0.05) is 20.8 Å². The molecule has 5 heteroatoms. The predicted octanol–water partition coefficient (Wildman–Crippen LogP) is 0.0992. The van der Waals surface area contributed by atoms with E-state index in [1.807, 2.05) is 20.8 Å². The van der Waals surface area contributed by atoms with Crippen LogP contribution in [0.15, 0.2) is 0 Å². The van der Waals surface area contributed by atoms with Crippen molar-refractivity contribution in [2.24, 2.45) is 5.41 Å². The van der Waals surface area contributed by atoms with Crippen molar-refractivity contribution in [2.75, 3.05) is 53.4 Å². The zero-order valence-corrected chi connectivity index (χ0v) is 13.0. The van der Waals surface area contributed by atoms with E-state index in [1.54, 1.807) is 11.9 Å². The van der Waals surface area contributed by atoms with Crippen LogP contribution < -0.4 is 0 Å². The largest absolute Gasteiger partial charge is 0.390 e. The lowest BCUT2D eigenvalue weighted by Crippen LogP contribution is -2.49. The third-order valence-electron chi connectivity index (χ3n) is 3.54. The second kappa shape index (κ2) is 6.68. The number of carbonyl (C=O) groups excluding carboxylic acids is 1. The molecule has 1 saturated heterocycles. The zero-order valence-electron chi connectivity index (χ0n) is 13.0. The van der Waals surface area contributed by atoms with E-state index in [4.69, 9.17) is 0 Å². The van der Waals surface area contributed by atoms with Gasteiger partial charge in [0.1, 0.15) is 0 Å². The summed E-state index contributed by atoms with van der Waals surface area (Å²) < 4.78 is 0. The number of hydrogen-bond acceptors (Lipinski definition) is 4. The van der Waals surface area contributed by atoms with E-state index in [1.165, 1.54) is 0 Å². The highest BCUT2D eigenvalue weighted by Crippen LogP contribution is 2.16. The van der Waals surface area contributed by atoms with Crippen molar-refractivity contribution in [2.45, 2.75) is 26.9 Å². The number of β-amino-alcohol motifs (C(OH)–C–C–N with tert-alkyl or cyclic N) is 1. The molecule has 0 aliphatic carbocycles. The molecule has 1 fully saturated rings. The van der Waals surface area contributed by atoms with Crippen LogP contribution in [0.5, 0.6) is 0 Å². The van der Waals surface area contributed by atoms with E-state index in [0.29, 0.717) is 13.1 Å². The Bertz CT molecular complexity index is 294. The van der Waals surface area contributed by atoms with Crippen molar-refractivity contribution in [3.63, 3.8) is 0 Å². The van der Waals surface area contributed by atoms with Crippen molar-refractivity contribution in [1.82, 2.24) is 14.7 Å². The van der Waals surface area contributed by atoms with Gasteiger partial charge in [-0.2, -0.15) is 0 Å². The zero-order chi connectivity index (χ0) is 14.6. The maximum absolute atomic E-state index is 12.0. The van der Waals surface area contributed by atoms with Gasteiger partial charge in [0.05, 0.1) is 6.10 Å². The summed E-state index contributed by atoms with van der Waals surface area (Å²) in [4.78, 5) is 18.2. The smallest absolute Gasteiger partial charge is 0.227 e. The molecule has 112 valence electrons. The molecule has 1 N–H and O–H groups in total. The standard InChI is InChI=1S/C14H29N3O2/c1-14(2,3)13(19)16(5)10-12(18)11-17-8-6-15(4)7-9-17/h12,18H,6-11H2,1-5H3. The highest BCUT2D eigenvalue weighted by Gasteiger charge is 2.26. The van der Waals surface area contributed by atoms with E-state index in [0.717, 1.165) is 26.2 Å². The molecule has 0 aromatic carbocycles. The van der Waals surface area contributed by atoms with Gasteiger partial charge in [0.15, 0.2) is 0 Å². The Morgan fingerprint density at radius 2 is 1.79 bits per heavy atom. The first-order valence-corrected chi connectivity index (χ1v) is 7.04. The molecule has 0 radical (unpaired) electrons. The molecule has 1 amide bonds. The molecule has 1 aliphatic rings. The number of hydrogen-bond donors (Lipinski definition) is 1. The lowest BCUT2D eigenvalue weighted by atomic mass is 9.95. The van der Waals surface area contributed by atoms with Gasteiger partial charge in [-0.15, -0.1) is 0 Å². The number of rotatable bonds is 4. The van der Waals surface area contributed by atoms with Crippen LogP contribution in [0, 0.1) is 5.41 Å². The number of carbonyl (C=O) groups is 1. The van der Waals surface area contributed by atoms with Gasteiger partial charge in [-0.25, -0.2) is 0 Å². The average Bonchev–Trinajstić information content (AvgIpc) is 2.29. The fraction of sp³-hybridized carbons (Fsp3) is 0.929. The number of nitrogens with zero attached hydrogens (tertiary/aromatic N) is 3. The molecule has 0 bridgehead atoms. The number of likely N-dealkylation sites (N-methyl/N-ethyl adjacent to an activating group) is 2. The second-order valence-corrected chi connectivity index (χ2v) is 6.69. The summed E-state index contributed by atoms with van der Waals surface area (Å²) in [6.07, 6.45) is -0.472. The third kappa shape index (κ3) is 5.47. The van der Waals surface area contributed by atoms with Crippen LogP contribution in [0.3, 0.4) is 0 Å². The Labute approximate surface area is 117 Å². The Kier molecular flexibility index (Phi) is 5.77. The Balaban J connectivity index is 2.34. The molecular formula is C14H29N3O2. The summed E-state index contributed by atoms with van der Waals surface area (Å²) in [5.41, 5.74) is -0.387. The summed E-state index contributed by atoms with van der Waals surface area (Å²) in [6, 6.07) is 0. The first-order valence-electron chi connectivity index (χ1n) is 7.04. The molecule has 5 nitrogen and oxygen atoms in total. The minimum atomic E-state index is -0.472. The Morgan fingerprint density at radius 1 is 1.26 bits per heavy atom. The van der Waals surface area contributed by atoms with E-state index >= 15 is 0 Å². The summed E-state index contributed by atoms with van der Waals surface area (Å²) in [7, 11) is 3.88. The van der Waals surface area contributed by atoms with Gasteiger partial charge in [0.25, 0.3) is 0 Å². The summed E-state index contributed by atoms with van der Waals surface area (Å²) in [5.74, 6) is 0.0740. The first-order chi connectivity index (χ1) is 8.70. The molecule has 0 spiro atoms. The highest BCUT2D eigenvalue weighted by molar-refractivity contribution is 5.81. The van der Waals surface area contributed by atoms with Gasteiger partial charge in [0, 0.05) is 51.7 Å². The van der Waals surface area contributed by atoms with Crippen LogP contribution in [-0.4, -0.2) is 85.2 Å². The van der Waals surface area contributed by atoms with Crippen LogP contribution in [0.25, 0.3) is 0 Å². The topological polar surface area (TPSA) is 47.0 Å². The van der Waals surface area contributed by atoms with E-state index < -0.39 is 6.10 Å². The molecule has 1 atom stereocenters. The predicted molar refractivity (Wildman–Crippen MR) is 77.0 cm³/mol. The van der Waals surface area contributed by atoms with Gasteiger partial charge < -0.3 is 14.9 Å². The molecule has 0 aromatic rings. The fourth-order valence-corrected chi connectivity index (χ4v) is 2.36. The van der Waals surface area contributed by atoms with E-state index in [-0.39, 0.29) is 11.3 Å². The number of amides is 1. The maximum Gasteiger partial charge on any atom is 0.227 e. The highest BCUT2D eigenvalue weighted by atomic mass is 16.3. The van der Waals surface area contributed by atoms with Gasteiger partial charge in [-0.3, -0.25) is 9.69 Å². The summed E-state index contributed by atoms with van der Waals surface area (Å²) >= 11 is 0. The van der Waals surface area contributed by atoms with Crippen molar-refractivity contribution >= 4 is 5.91 Å². The van der Waals surface area contributed by atoms with E-state index in [2.05, 4.69) is 16.8 Å². The van der Waals surface area contributed by atoms with Crippen LogP contribution >= 0.6 is 0 Å². The molecule has 1 aliphatic heterocycles. The monoisotopic (exact) mass is 271 g/mol. The van der Waals surface area contributed by atoms with Crippen LogP contribution in [0.2, 0.25) is 0 Å². The normalized spacial score (nSPS) is 20.3. The average molecular weight is 271 g/mol. The lowest BCUT2D eigenvalue weighted by Gasteiger charge is -2.34. The Hall–Kier alpha value is -0.650. The maximum atomic E-state index is 12.0. The molecule has 0 aromatic heterocycles. The van der Waals surface area contributed by atoms with E-state index in [9.17, 15) is 9.90 Å². The minimum absolute atomic E-state index is 0.0740. The van der Waals surface area contributed by atoms with Crippen molar-refractivity contribution < 1.29 is 9.90 Å². The number of aliphatic hydroxyl groups excluding tert-OH is 1. The fourth-order valence-electron chi connectivity index (χ4n) is 2.36. The third-order valence-corrected chi connectivity index (χ3v) is 3.54. The molecule has 1 unspecified atom stereocenters. The second-order valence-electron chi connectivity index (χ2n) is 6.69. The van der Waals surface area contributed by atoms with Gasteiger partial charge in [-0.05, 0) is 7.05 Å². The number of aliphatic hydroxyl groups is 1.